The van der Waals surface area contributed by atoms with Crippen molar-refractivity contribution in [3.8, 4) is 0 Å². The summed E-state index contributed by atoms with van der Waals surface area (Å²) in [4.78, 5) is 14.7. The SMILES string of the molecule is CC(C)c1cc2c(c(C(C)C)c1N)COC2.CC(C)c1cc2c(c(C(C)C)c1N=C=O)COC2. The maximum atomic E-state index is 10.7. The van der Waals surface area contributed by atoms with Crippen LogP contribution in [0, 0.1) is 0 Å². The van der Waals surface area contributed by atoms with Crippen LogP contribution in [-0.2, 0) is 40.7 Å². The Balaban J connectivity index is 0.000000192. The summed E-state index contributed by atoms with van der Waals surface area (Å²) in [6.45, 7) is 20.0. The molecule has 2 aliphatic rings. The molecule has 2 heterocycles. The Labute approximate surface area is 204 Å². The monoisotopic (exact) mass is 464 g/mol. The molecule has 2 aromatic carbocycles. The van der Waals surface area contributed by atoms with Crippen LogP contribution >= 0.6 is 0 Å². The lowest BCUT2D eigenvalue weighted by atomic mass is 9.87. The van der Waals surface area contributed by atoms with Crippen LogP contribution in [0.5, 0.6) is 0 Å². The smallest absolute Gasteiger partial charge is 0.240 e. The molecule has 0 saturated heterocycles. The van der Waals surface area contributed by atoms with Crippen molar-refractivity contribution in [3.63, 3.8) is 0 Å². The number of benzene rings is 2. The van der Waals surface area contributed by atoms with Crippen LogP contribution in [0.1, 0.15) is 124 Å². The number of nitrogens with zero attached hydrogens (tertiary/aromatic N) is 1. The minimum atomic E-state index is 0.325. The molecule has 0 fully saturated rings. The number of carbonyl (C=O) groups excluding carboxylic acids is 1. The molecular weight excluding hydrogens is 424 g/mol. The van der Waals surface area contributed by atoms with Crippen LogP contribution in [0.15, 0.2) is 17.1 Å². The number of anilines is 1. The van der Waals surface area contributed by atoms with Gasteiger partial charge in [-0.25, -0.2) is 4.79 Å². The molecule has 34 heavy (non-hydrogen) atoms. The van der Waals surface area contributed by atoms with Crippen LogP contribution < -0.4 is 5.73 Å². The number of fused-ring (bicyclic) bond motifs is 2. The van der Waals surface area contributed by atoms with Gasteiger partial charge in [-0.15, -0.1) is 0 Å². The van der Waals surface area contributed by atoms with Crippen molar-refractivity contribution in [2.45, 2.75) is 105 Å². The summed E-state index contributed by atoms with van der Waals surface area (Å²) in [7, 11) is 0. The normalized spacial score (nSPS) is 14.4. The number of hydrogen-bond acceptors (Lipinski definition) is 5. The lowest BCUT2D eigenvalue weighted by molar-refractivity contribution is 0.134. The Bertz CT molecular complexity index is 1090. The first-order valence-corrected chi connectivity index (χ1v) is 12.4. The molecule has 5 nitrogen and oxygen atoms in total. The van der Waals surface area contributed by atoms with Crippen molar-refractivity contribution in [3.05, 3.63) is 56.6 Å². The summed E-state index contributed by atoms with van der Waals surface area (Å²) < 4.78 is 11.1. The summed E-state index contributed by atoms with van der Waals surface area (Å²) >= 11 is 0. The van der Waals surface area contributed by atoms with E-state index < -0.39 is 0 Å². The van der Waals surface area contributed by atoms with Gasteiger partial charge >= 0.3 is 0 Å². The third-order valence-electron chi connectivity index (χ3n) is 6.78. The molecule has 0 atom stereocenters. The molecule has 0 radical (unpaired) electrons. The summed E-state index contributed by atoms with van der Waals surface area (Å²) in [5.74, 6) is 1.60. The maximum Gasteiger partial charge on any atom is 0.240 e. The van der Waals surface area contributed by atoms with E-state index in [-0.39, 0.29) is 0 Å². The topological polar surface area (TPSA) is 73.9 Å². The summed E-state index contributed by atoms with van der Waals surface area (Å²) in [6.07, 6.45) is 1.70. The molecule has 184 valence electrons. The van der Waals surface area contributed by atoms with E-state index in [0.29, 0.717) is 36.9 Å². The van der Waals surface area contributed by atoms with E-state index in [0.717, 1.165) is 35.7 Å². The number of rotatable bonds is 5. The van der Waals surface area contributed by atoms with E-state index in [2.05, 4.69) is 72.5 Å². The van der Waals surface area contributed by atoms with E-state index in [1.807, 2.05) is 0 Å². The molecule has 0 aliphatic carbocycles. The highest BCUT2D eigenvalue weighted by molar-refractivity contribution is 5.65. The molecule has 2 aromatic rings. The average Bonchev–Trinajstić information content (AvgIpc) is 3.41. The summed E-state index contributed by atoms with van der Waals surface area (Å²) in [6, 6.07) is 4.36. The van der Waals surface area contributed by atoms with Crippen molar-refractivity contribution in [1.82, 2.24) is 0 Å². The first kappa shape index (κ1) is 26.2. The van der Waals surface area contributed by atoms with Gasteiger partial charge in [-0.05, 0) is 68.2 Å². The van der Waals surface area contributed by atoms with Crippen molar-refractivity contribution in [1.29, 1.82) is 0 Å². The first-order valence-electron chi connectivity index (χ1n) is 12.4. The van der Waals surface area contributed by atoms with Gasteiger partial charge in [0.1, 0.15) is 0 Å². The quantitative estimate of drug-likeness (QED) is 0.283. The Morgan fingerprint density at radius 1 is 0.735 bits per heavy atom. The van der Waals surface area contributed by atoms with E-state index in [1.165, 1.54) is 33.4 Å². The van der Waals surface area contributed by atoms with Gasteiger partial charge in [-0.2, -0.15) is 4.99 Å². The van der Waals surface area contributed by atoms with Gasteiger partial charge in [0, 0.05) is 5.69 Å². The molecule has 0 amide bonds. The summed E-state index contributed by atoms with van der Waals surface area (Å²) in [5, 5.41) is 0. The third-order valence-corrected chi connectivity index (χ3v) is 6.78. The molecule has 5 heteroatoms. The molecule has 4 rings (SSSR count). The predicted molar refractivity (Wildman–Crippen MR) is 138 cm³/mol. The second-order valence-electron chi connectivity index (χ2n) is 10.6. The van der Waals surface area contributed by atoms with Crippen LogP contribution in [0.2, 0.25) is 0 Å². The van der Waals surface area contributed by atoms with Gasteiger partial charge in [-0.3, -0.25) is 0 Å². The van der Waals surface area contributed by atoms with Crippen LogP contribution in [0.25, 0.3) is 0 Å². The van der Waals surface area contributed by atoms with E-state index in [4.69, 9.17) is 15.2 Å². The lowest BCUT2D eigenvalue weighted by Crippen LogP contribution is -2.07. The molecule has 0 bridgehead atoms. The Hall–Kier alpha value is -2.46. The van der Waals surface area contributed by atoms with Gasteiger partial charge in [0.2, 0.25) is 6.08 Å². The van der Waals surface area contributed by atoms with Gasteiger partial charge < -0.3 is 15.2 Å². The number of isocyanates is 1. The van der Waals surface area contributed by atoms with Crippen LogP contribution in [0.4, 0.5) is 11.4 Å². The molecular formula is C29H40N2O3. The fraction of sp³-hybridized carbons (Fsp3) is 0.552. The molecule has 0 spiro atoms. The lowest BCUT2D eigenvalue weighted by Gasteiger charge is -2.20. The summed E-state index contributed by atoms with van der Waals surface area (Å²) in [5.41, 5.74) is 18.1. The molecule has 0 unspecified atom stereocenters. The minimum absolute atomic E-state index is 0.325. The van der Waals surface area contributed by atoms with Gasteiger partial charge in [0.15, 0.2) is 0 Å². The fourth-order valence-electron chi connectivity index (χ4n) is 5.15. The zero-order valence-corrected chi connectivity index (χ0v) is 22.0. The van der Waals surface area contributed by atoms with Gasteiger partial charge in [-0.1, -0.05) is 67.5 Å². The highest BCUT2D eigenvalue weighted by Crippen LogP contribution is 2.41. The number of hydrogen-bond donors (Lipinski definition) is 1. The molecule has 2 N–H and O–H groups in total. The van der Waals surface area contributed by atoms with Crippen molar-refractivity contribution >= 4 is 17.5 Å². The average molecular weight is 465 g/mol. The highest BCUT2D eigenvalue weighted by Gasteiger charge is 2.25. The predicted octanol–water partition coefficient (Wildman–Crippen LogP) is 7.48. The van der Waals surface area contributed by atoms with Crippen LogP contribution in [-0.4, -0.2) is 6.08 Å². The second-order valence-corrected chi connectivity index (χ2v) is 10.6. The third kappa shape index (κ3) is 5.12. The molecule has 2 aliphatic heterocycles. The van der Waals surface area contributed by atoms with E-state index >= 15 is 0 Å². The Morgan fingerprint density at radius 3 is 1.65 bits per heavy atom. The van der Waals surface area contributed by atoms with Gasteiger partial charge in [0.25, 0.3) is 0 Å². The van der Waals surface area contributed by atoms with E-state index in [1.54, 1.807) is 6.08 Å². The number of nitrogen functional groups attached to an aromatic ring is 1. The van der Waals surface area contributed by atoms with Gasteiger partial charge in [0.05, 0.1) is 32.1 Å². The highest BCUT2D eigenvalue weighted by atomic mass is 16.5. The maximum absolute atomic E-state index is 10.7. The number of ether oxygens (including phenoxy) is 2. The Kier molecular flexibility index (Phi) is 8.35. The van der Waals surface area contributed by atoms with Crippen molar-refractivity contribution in [2.24, 2.45) is 4.99 Å². The van der Waals surface area contributed by atoms with Crippen molar-refractivity contribution < 1.29 is 14.3 Å². The zero-order chi connectivity index (χ0) is 25.2. The Morgan fingerprint density at radius 2 is 1.21 bits per heavy atom. The van der Waals surface area contributed by atoms with E-state index in [9.17, 15) is 4.79 Å². The van der Waals surface area contributed by atoms with Crippen LogP contribution in [0.3, 0.4) is 0 Å². The number of aliphatic imine (C=N–C) groups is 1. The first-order chi connectivity index (χ1) is 16.1. The molecule has 0 aromatic heterocycles. The fourth-order valence-corrected chi connectivity index (χ4v) is 5.15. The molecule has 0 saturated carbocycles. The van der Waals surface area contributed by atoms with Crippen molar-refractivity contribution in [2.75, 3.05) is 5.73 Å². The number of nitrogens with two attached hydrogens (primary N) is 1. The largest absolute Gasteiger partial charge is 0.398 e. The standard InChI is InChI=1S/C15H19NO2.C14H21NO/c1-9(2)12-5-11-6-18-7-13(11)14(10(3)4)15(12)16-8-17;1-8(2)11-5-10-6-16-7-12(10)13(9(3)4)14(11)15/h5,9-10H,6-7H2,1-4H3;5,8-9H,6-7,15H2,1-4H3. The second kappa shape index (κ2) is 10.9. The zero-order valence-electron chi connectivity index (χ0n) is 22.0. The minimum Gasteiger partial charge on any atom is -0.398 e.